The molecule has 0 amide bonds. The molecule has 0 bridgehead atoms. The average Bonchev–Trinajstić information content (AvgIpc) is 2.45. The second-order valence-electron chi connectivity index (χ2n) is 3.95. The molecule has 0 aromatic heterocycles. The molecule has 2 N–H and O–H groups in total. The molecule has 1 aromatic carbocycles. The van der Waals surface area contributed by atoms with Gasteiger partial charge in [0.1, 0.15) is 0 Å². The van der Waals surface area contributed by atoms with E-state index in [1.165, 1.54) is 31.4 Å². The zero-order valence-electron chi connectivity index (χ0n) is 11.3. The molecule has 0 heterocycles. The fraction of sp³-hybridized carbons (Fsp3) is 0.231. The largest absolute Gasteiger partial charge is 0.478 e. The van der Waals surface area contributed by atoms with Gasteiger partial charge in [-0.1, -0.05) is 0 Å². The van der Waals surface area contributed by atoms with Crippen LogP contribution in [0.15, 0.2) is 41.3 Å². The molecule has 0 saturated heterocycles. The number of rotatable bonds is 8. The molecule has 1 aromatic rings. The van der Waals surface area contributed by atoms with Gasteiger partial charge >= 0.3 is 5.97 Å². The number of ether oxygens (including phenoxy) is 1. The van der Waals surface area contributed by atoms with Gasteiger partial charge in [-0.15, -0.1) is 0 Å². The van der Waals surface area contributed by atoms with Crippen LogP contribution in [-0.4, -0.2) is 45.5 Å². The summed E-state index contributed by atoms with van der Waals surface area (Å²) < 4.78 is 30.8. The predicted octanol–water partition coefficient (Wildman–Crippen LogP) is 0.435. The van der Waals surface area contributed by atoms with E-state index in [1.54, 1.807) is 0 Å². The van der Waals surface area contributed by atoms with Gasteiger partial charge in [-0.05, 0) is 30.3 Å². The van der Waals surface area contributed by atoms with Crippen LogP contribution in [0.3, 0.4) is 0 Å². The van der Waals surface area contributed by atoms with Gasteiger partial charge in [-0.3, -0.25) is 4.79 Å². The molecule has 7 nitrogen and oxygen atoms in total. The third kappa shape index (κ3) is 5.46. The molecule has 0 aliphatic heterocycles. The minimum absolute atomic E-state index is 0.0115. The van der Waals surface area contributed by atoms with Crippen molar-refractivity contribution in [3.05, 3.63) is 42.0 Å². The molecule has 0 aliphatic rings. The number of allylic oxidation sites excluding steroid dienone is 1. The maximum atomic E-state index is 11.9. The van der Waals surface area contributed by atoms with Gasteiger partial charge in [-0.25, -0.2) is 17.9 Å². The number of carboxylic acids is 1. The number of carbonyl (C=O) groups excluding carboxylic acids is 1. The Balaban J connectivity index is 2.82. The molecule has 0 fully saturated rings. The highest BCUT2D eigenvalue weighted by Crippen LogP contribution is 2.11. The molecular weight excluding hydrogens is 298 g/mol. The Kier molecular flexibility index (Phi) is 6.22. The number of aliphatic carboxylic acids is 1. The summed E-state index contributed by atoms with van der Waals surface area (Å²) in [5.74, 6) is -1.75. The molecule has 0 aliphatic carbocycles. The first-order valence-corrected chi connectivity index (χ1v) is 7.39. The fourth-order valence-electron chi connectivity index (χ4n) is 1.40. The van der Waals surface area contributed by atoms with E-state index in [1.807, 2.05) is 0 Å². The predicted molar refractivity (Wildman–Crippen MR) is 74.6 cm³/mol. The Labute approximate surface area is 122 Å². The van der Waals surface area contributed by atoms with E-state index < -0.39 is 21.8 Å². The van der Waals surface area contributed by atoms with Crippen LogP contribution >= 0.6 is 0 Å². The maximum Gasteiger partial charge on any atom is 0.328 e. The minimum atomic E-state index is -3.65. The van der Waals surface area contributed by atoms with Crippen molar-refractivity contribution in [3.8, 4) is 0 Å². The maximum absolute atomic E-state index is 11.9. The summed E-state index contributed by atoms with van der Waals surface area (Å²) in [7, 11) is -2.20. The zero-order chi connectivity index (χ0) is 15.9. The average molecular weight is 313 g/mol. The summed E-state index contributed by atoms with van der Waals surface area (Å²) in [4.78, 5) is 21.9. The highest BCUT2D eigenvalue weighted by atomic mass is 32.2. The van der Waals surface area contributed by atoms with Crippen LogP contribution in [0.2, 0.25) is 0 Å². The highest BCUT2D eigenvalue weighted by molar-refractivity contribution is 7.89. The number of hydrogen-bond donors (Lipinski definition) is 2. The van der Waals surface area contributed by atoms with Gasteiger partial charge in [0.2, 0.25) is 10.0 Å². The summed E-state index contributed by atoms with van der Waals surface area (Å²) in [5, 5.41) is 8.43. The first-order chi connectivity index (χ1) is 9.86. The van der Waals surface area contributed by atoms with Crippen LogP contribution in [0, 0.1) is 0 Å². The van der Waals surface area contributed by atoms with Crippen LogP contribution < -0.4 is 4.72 Å². The number of ketones is 1. The molecular formula is C13H15NO6S. The smallest absolute Gasteiger partial charge is 0.328 e. The minimum Gasteiger partial charge on any atom is -0.478 e. The van der Waals surface area contributed by atoms with Crippen molar-refractivity contribution in [2.75, 3.05) is 20.3 Å². The SMILES string of the molecule is COCCNS(=O)(=O)c1ccc(C(=O)/C=C/C(=O)O)cc1. The van der Waals surface area contributed by atoms with Gasteiger partial charge in [-0.2, -0.15) is 0 Å². The van der Waals surface area contributed by atoms with Crippen molar-refractivity contribution in [3.63, 3.8) is 0 Å². The number of hydrogen-bond acceptors (Lipinski definition) is 5. The van der Waals surface area contributed by atoms with Gasteiger partial charge in [0.05, 0.1) is 11.5 Å². The standard InChI is InChI=1S/C13H15NO6S/c1-20-9-8-14-21(18,19)11-4-2-10(3-5-11)12(15)6-7-13(16)17/h2-7,14H,8-9H2,1H3,(H,16,17)/b7-6+. The lowest BCUT2D eigenvalue weighted by atomic mass is 10.1. The molecule has 1 rings (SSSR count). The monoisotopic (exact) mass is 313 g/mol. The molecule has 0 radical (unpaired) electrons. The van der Waals surface area contributed by atoms with Crippen LogP contribution in [0.1, 0.15) is 10.4 Å². The summed E-state index contributed by atoms with van der Waals surface area (Å²) >= 11 is 0. The van der Waals surface area contributed by atoms with Gasteiger partial charge in [0.25, 0.3) is 0 Å². The van der Waals surface area contributed by atoms with Gasteiger partial charge in [0, 0.05) is 25.3 Å². The molecule has 8 heteroatoms. The van der Waals surface area contributed by atoms with Crippen molar-refractivity contribution in [2.45, 2.75) is 4.90 Å². The molecule has 0 saturated carbocycles. The molecule has 0 spiro atoms. The van der Waals surface area contributed by atoms with E-state index in [4.69, 9.17) is 9.84 Å². The number of methoxy groups -OCH3 is 1. The first-order valence-electron chi connectivity index (χ1n) is 5.91. The number of nitrogens with one attached hydrogen (secondary N) is 1. The van der Waals surface area contributed by atoms with E-state index in [0.717, 1.165) is 12.2 Å². The van der Waals surface area contributed by atoms with Crippen molar-refractivity contribution in [2.24, 2.45) is 0 Å². The normalized spacial score (nSPS) is 11.7. The second kappa shape index (κ2) is 7.67. The lowest BCUT2D eigenvalue weighted by Gasteiger charge is -2.06. The Morgan fingerprint density at radius 1 is 1.24 bits per heavy atom. The fourth-order valence-corrected chi connectivity index (χ4v) is 2.42. The lowest BCUT2D eigenvalue weighted by Crippen LogP contribution is -2.27. The Bertz CT molecular complexity index is 633. The zero-order valence-corrected chi connectivity index (χ0v) is 12.1. The summed E-state index contributed by atoms with van der Waals surface area (Å²) in [6.07, 6.45) is 1.63. The number of sulfonamides is 1. The quantitative estimate of drug-likeness (QED) is 0.409. The molecule has 114 valence electrons. The van der Waals surface area contributed by atoms with E-state index in [9.17, 15) is 18.0 Å². The summed E-state index contributed by atoms with van der Waals surface area (Å²) in [6.45, 7) is 0.386. The van der Waals surface area contributed by atoms with Crippen molar-refractivity contribution in [1.82, 2.24) is 4.72 Å². The molecule has 21 heavy (non-hydrogen) atoms. The molecule has 0 unspecified atom stereocenters. The van der Waals surface area contributed by atoms with Crippen LogP contribution in [-0.2, 0) is 19.6 Å². The van der Waals surface area contributed by atoms with Gasteiger partial charge < -0.3 is 9.84 Å². The van der Waals surface area contributed by atoms with E-state index >= 15 is 0 Å². The third-order valence-electron chi connectivity index (χ3n) is 2.42. The topological polar surface area (TPSA) is 110 Å². The Morgan fingerprint density at radius 2 is 1.86 bits per heavy atom. The lowest BCUT2D eigenvalue weighted by molar-refractivity contribution is -0.131. The van der Waals surface area contributed by atoms with E-state index in [2.05, 4.69) is 4.72 Å². The van der Waals surface area contributed by atoms with E-state index in [0.29, 0.717) is 0 Å². The van der Waals surface area contributed by atoms with Crippen molar-refractivity contribution < 1.29 is 27.9 Å². The first kappa shape index (κ1) is 17.0. The van der Waals surface area contributed by atoms with E-state index in [-0.39, 0.29) is 23.6 Å². The summed E-state index contributed by atoms with van der Waals surface area (Å²) in [6, 6.07) is 5.19. The van der Waals surface area contributed by atoms with Crippen molar-refractivity contribution in [1.29, 1.82) is 0 Å². The third-order valence-corrected chi connectivity index (χ3v) is 3.90. The van der Waals surface area contributed by atoms with Crippen molar-refractivity contribution >= 4 is 21.8 Å². The second-order valence-corrected chi connectivity index (χ2v) is 5.72. The highest BCUT2D eigenvalue weighted by Gasteiger charge is 2.13. The molecule has 0 atom stereocenters. The Morgan fingerprint density at radius 3 is 2.38 bits per heavy atom. The van der Waals surface area contributed by atoms with Crippen LogP contribution in [0.4, 0.5) is 0 Å². The van der Waals surface area contributed by atoms with Gasteiger partial charge in [0.15, 0.2) is 5.78 Å². The van der Waals surface area contributed by atoms with Crippen LogP contribution in [0.25, 0.3) is 0 Å². The Hall–Kier alpha value is -2.03. The summed E-state index contributed by atoms with van der Waals surface area (Å²) in [5.41, 5.74) is 0.198. The number of benzene rings is 1. The van der Waals surface area contributed by atoms with Crippen LogP contribution in [0.5, 0.6) is 0 Å². The number of carbonyl (C=O) groups is 2. The number of carboxylic acid groups (broad SMARTS) is 1.